The molecule has 0 bridgehead atoms. The van der Waals surface area contributed by atoms with Gasteiger partial charge in [-0.25, -0.2) is 14.6 Å². The largest absolute Gasteiger partial charge is 0.504 e. The van der Waals surface area contributed by atoms with Gasteiger partial charge >= 0.3 is 11.9 Å². The van der Waals surface area contributed by atoms with Crippen LogP contribution in [-0.2, 0) is 24.0 Å². The summed E-state index contributed by atoms with van der Waals surface area (Å²) in [6.07, 6.45) is 0.367. The van der Waals surface area contributed by atoms with E-state index in [0.29, 0.717) is 23.1 Å². The van der Waals surface area contributed by atoms with E-state index in [4.69, 9.17) is 27.3 Å². The van der Waals surface area contributed by atoms with Gasteiger partial charge in [0.05, 0.1) is 26.2 Å². The molecule has 2 fully saturated rings. The van der Waals surface area contributed by atoms with Crippen molar-refractivity contribution in [3.05, 3.63) is 45.1 Å². The van der Waals surface area contributed by atoms with Crippen LogP contribution in [0.15, 0.2) is 34.6 Å². The zero-order valence-corrected chi connectivity index (χ0v) is 28.3. The van der Waals surface area contributed by atoms with Crippen molar-refractivity contribution in [3.63, 3.8) is 0 Å². The average molecular weight is 739 g/mol. The number of carboxylic acids is 2. The van der Waals surface area contributed by atoms with Crippen molar-refractivity contribution in [2.24, 2.45) is 5.16 Å². The lowest BCUT2D eigenvalue weighted by atomic mass is 10.0. The number of thioether (sulfide) groups is 1. The number of oxime groups is 1. The molecule has 0 aliphatic carbocycles. The van der Waals surface area contributed by atoms with E-state index in [0.717, 1.165) is 48.2 Å². The maximum Gasteiger partial charge on any atom is 0.352 e. The third-order valence-corrected chi connectivity index (χ3v) is 10.8. The first-order valence-electron chi connectivity index (χ1n) is 15.0. The van der Waals surface area contributed by atoms with Crippen LogP contribution in [0, 0.1) is 0 Å². The van der Waals surface area contributed by atoms with Crippen molar-refractivity contribution in [1.29, 1.82) is 0 Å². The Morgan fingerprint density at radius 2 is 1.92 bits per heavy atom. The Labute approximate surface area is 291 Å². The van der Waals surface area contributed by atoms with Gasteiger partial charge in [0.2, 0.25) is 6.10 Å². The summed E-state index contributed by atoms with van der Waals surface area (Å²) in [6, 6.07) is 2.62. The van der Waals surface area contributed by atoms with Crippen molar-refractivity contribution in [2.45, 2.75) is 37.3 Å². The molecule has 5 rings (SSSR count). The summed E-state index contributed by atoms with van der Waals surface area (Å²) in [7, 11) is 0. The Balaban J connectivity index is 1.29. The molecule has 1 aromatic heterocycles. The number of fused-ring (bicyclic) bond motifs is 1. The molecule has 49 heavy (non-hydrogen) atoms. The summed E-state index contributed by atoms with van der Waals surface area (Å²) < 4.78 is 0.470. The lowest BCUT2D eigenvalue weighted by Gasteiger charge is -2.50. The van der Waals surface area contributed by atoms with Gasteiger partial charge in [-0.1, -0.05) is 28.1 Å². The summed E-state index contributed by atoms with van der Waals surface area (Å²) >= 11 is 8.30. The van der Waals surface area contributed by atoms with Crippen LogP contribution in [0.25, 0.3) is 0 Å². The molecule has 3 atom stereocenters. The van der Waals surface area contributed by atoms with Gasteiger partial charge in [-0.2, -0.15) is 0 Å². The Hall–Kier alpha value is -4.59. The molecule has 0 unspecified atom stereocenters. The average Bonchev–Trinajstić information content (AvgIpc) is 3.65. The number of phenols is 2. The smallest absolute Gasteiger partial charge is 0.352 e. The van der Waals surface area contributed by atoms with Gasteiger partial charge in [-0.05, 0) is 25.1 Å². The first-order chi connectivity index (χ1) is 23.2. The minimum Gasteiger partial charge on any atom is -0.504 e. The summed E-state index contributed by atoms with van der Waals surface area (Å²) in [6.45, 7) is 3.74. The number of aromatic hydroxyl groups is 2. The van der Waals surface area contributed by atoms with Crippen LogP contribution in [0.4, 0.5) is 5.13 Å². The highest BCUT2D eigenvalue weighted by Gasteiger charge is 2.55. The second-order valence-electron chi connectivity index (χ2n) is 11.7. The molecule has 262 valence electrons. The van der Waals surface area contributed by atoms with Gasteiger partial charge in [0.1, 0.15) is 33.7 Å². The number of aromatic nitrogens is 1. The van der Waals surface area contributed by atoms with Crippen LogP contribution in [0.5, 0.6) is 11.5 Å². The number of carboxylic acid groups (broad SMARTS) is 2. The molecule has 0 spiro atoms. The van der Waals surface area contributed by atoms with Gasteiger partial charge in [-0.3, -0.25) is 19.3 Å². The Bertz CT molecular complexity index is 1760. The fourth-order valence-electron chi connectivity index (χ4n) is 5.89. The molecule has 8 N–H and O–H groups in total. The number of nitrogens with two attached hydrogens (primary N) is 1. The van der Waals surface area contributed by atoms with Crippen LogP contribution < -0.4 is 16.4 Å². The third kappa shape index (κ3) is 7.53. The maximum absolute atomic E-state index is 13.4. The first-order valence-corrected chi connectivity index (χ1v) is 17.2. The number of amides is 3. The Kier molecular flexibility index (Phi) is 10.6. The van der Waals surface area contributed by atoms with Gasteiger partial charge in [-0.15, -0.1) is 11.8 Å². The van der Waals surface area contributed by atoms with Gasteiger partial charge in [0.15, 0.2) is 22.3 Å². The Morgan fingerprint density at radius 1 is 1.20 bits per heavy atom. The molecule has 3 aliphatic rings. The highest BCUT2D eigenvalue weighted by molar-refractivity contribution is 8.00. The lowest BCUT2D eigenvalue weighted by molar-refractivity contribution is -0.911. The number of carbonyl (C=O) groups excluding carboxylic acids is 3. The van der Waals surface area contributed by atoms with E-state index in [1.807, 2.05) is 0 Å². The van der Waals surface area contributed by atoms with Crippen LogP contribution in [-0.4, -0.2) is 126 Å². The van der Waals surface area contributed by atoms with Crippen molar-refractivity contribution in [1.82, 2.24) is 20.5 Å². The number of nitrogens with one attached hydrogen (secondary N) is 2. The number of likely N-dealkylation sites (tertiary alicyclic amines) is 1. The molecule has 0 saturated carbocycles. The van der Waals surface area contributed by atoms with E-state index in [9.17, 15) is 39.3 Å². The fraction of sp³-hybridized carbons (Fsp3) is 0.414. The van der Waals surface area contributed by atoms with Crippen molar-refractivity contribution in [2.75, 3.05) is 44.2 Å². The number of hydrogen-bond acceptors (Lipinski definition) is 13. The molecule has 3 aliphatic heterocycles. The number of β-lactam (4-membered cyclic amide) rings is 1. The van der Waals surface area contributed by atoms with E-state index < -0.39 is 58.6 Å². The van der Waals surface area contributed by atoms with Crippen molar-refractivity contribution >= 4 is 75.2 Å². The molecule has 20 heteroatoms. The number of nitrogens with zero attached hydrogens (tertiary/aromatic N) is 4. The summed E-state index contributed by atoms with van der Waals surface area (Å²) in [5, 5.41) is 46.9. The van der Waals surface area contributed by atoms with E-state index in [-0.39, 0.29) is 44.5 Å². The number of thiazole rings is 1. The SMILES string of the molecule is C[C@@H](O/N=C(\C(=O)N[C@@H]1C(=O)N2C(C(=O)O)=C(C[N+]3(CCNC(=O)c4ccc(O)c(O)c4)CCCC3)CS[C@H]12)c1nc(N)sc1Cl)C(=O)O. The minimum atomic E-state index is -1.43. The van der Waals surface area contributed by atoms with Crippen LogP contribution >= 0.6 is 34.7 Å². The normalized spacial score (nSPS) is 20.7. The number of carbonyl (C=O) groups is 5. The van der Waals surface area contributed by atoms with Gasteiger partial charge < -0.3 is 46.1 Å². The standard InChI is InChI=1S/C29H32ClN7O10S2/c1-13(27(43)44)47-35-19(18-22(30)49-29(31)34-18)24(41)33-20-25(42)36-21(28(45)46)15(12-48-26(20)36)11-37(7-2-3-8-37)9-6-32-23(40)14-4-5-16(38)17(39)10-14/h4-5,10,13,20,26H,2-3,6-9,11-12H2,1H3,(H7-,31,32,33,34,35,38,39,40,41,43,44,45,46)/p+1/t13-,20-,26-/m1/s1. The number of nitrogen functional groups attached to an aromatic ring is 1. The van der Waals surface area contributed by atoms with Crippen molar-refractivity contribution < 1.29 is 53.7 Å². The third-order valence-electron chi connectivity index (χ3n) is 8.38. The number of anilines is 1. The number of halogens is 1. The predicted molar refractivity (Wildman–Crippen MR) is 177 cm³/mol. The number of rotatable bonds is 13. The molecule has 0 radical (unpaired) electrons. The number of quaternary nitrogens is 1. The molecule has 17 nitrogen and oxygen atoms in total. The molecule has 1 aromatic carbocycles. The second-order valence-corrected chi connectivity index (χ2v) is 14.4. The number of hydrogen-bond donors (Lipinski definition) is 7. The quantitative estimate of drug-likeness (QED) is 0.0493. The van der Waals surface area contributed by atoms with E-state index >= 15 is 0 Å². The van der Waals surface area contributed by atoms with Crippen LogP contribution in [0.2, 0.25) is 4.34 Å². The molecular formula is C29H33ClN7O10S2+. The number of phenolic OH excluding ortho intramolecular Hbond substituents is 2. The van der Waals surface area contributed by atoms with Crippen LogP contribution in [0.1, 0.15) is 35.8 Å². The zero-order chi connectivity index (χ0) is 35.6. The minimum absolute atomic E-state index is 0.00253. The highest BCUT2D eigenvalue weighted by atomic mass is 35.5. The number of benzene rings is 1. The molecule has 3 amide bonds. The highest BCUT2D eigenvalue weighted by Crippen LogP contribution is 2.41. The lowest BCUT2D eigenvalue weighted by Crippen LogP contribution is -2.71. The Morgan fingerprint density at radius 3 is 2.53 bits per heavy atom. The van der Waals surface area contributed by atoms with E-state index in [2.05, 4.69) is 20.8 Å². The second kappa shape index (κ2) is 14.5. The zero-order valence-electron chi connectivity index (χ0n) is 25.9. The first kappa shape index (κ1) is 35.7. The van der Waals surface area contributed by atoms with Crippen LogP contribution in [0.3, 0.4) is 0 Å². The topological polar surface area (TPSA) is 254 Å². The summed E-state index contributed by atoms with van der Waals surface area (Å²) in [5.41, 5.74) is 5.58. The monoisotopic (exact) mass is 738 g/mol. The summed E-state index contributed by atoms with van der Waals surface area (Å²) in [4.78, 5) is 73.3. The molecule has 4 heterocycles. The summed E-state index contributed by atoms with van der Waals surface area (Å²) in [5.74, 6) is -5.20. The molecule has 2 saturated heterocycles. The van der Waals surface area contributed by atoms with Gasteiger partial charge in [0.25, 0.3) is 17.7 Å². The van der Waals surface area contributed by atoms with E-state index in [1.54, 1.807) is 0 Å². The fourth-order valence-corrected chi connectivity index (χ4v) is 8.16. The van der Waals surface area contributed by atoms with Crippen molar-refractivity contribution in [3.8, 4) is 11.5 Å². The van der Waals surface area contributed by atoms with E-state index in [1.165, 1.54) is 30.8 Å². The number of aliphatic carboxylic acids is 2. The molecular weight excluding hydrogens is 706 g/mol. The predicted octanol–water partition coefficient (Wildman–Crippen LogP) is 0.763. The van der Waals surface area contributed by atoms with Gasteiger partial charge in [0, 0.05) is 29.7 Å². The molecule has 2 aromatic rings. The maximum atomic E-state index is 13.4.